The fourth-order valence-corrected chi connectivity index (χ4v) is 2.24. The quantitative estimate of drug-likeness (QED) is 0.496. The van der Waals surface area contributed by atoms with Crippen LogP contribution in [0.1, 0.15) is 28.7 Å². The van der Waals surface area contributed by atoms with E-state index in [0.717, 1.165) is 6.07 Å². The molecule has 0 atom stereocenters. The molecule has 2 heterocycles. The van der Waals surface area contributed by atoms with E-state index in [-0.39, 0.29) is 24.3 Å². The second-order valence-corrected chi connectivity index (χ2v) is 5.38. The van der Waals surface area contributed by atoms with Crippen LogP contribution in [0.4, 0.5) is 17.6 Å². The van der Waals surface area contributed by atoms with Crippen molar-refractivity contribution in [2.75, 3.05) is 6.61 Å². The first-order chi connectivity index (χ1) is 12.8. The summed E-state index contributed by atoms with van der Waals surface area (Å²) in [7, 11) is 0. The van der Waals surface area contributed by atoms with Crippen molar-refractivity contribution < 1.29 is 31.6 Å². The molecule has 142 valence electrons. The largest absolute Gasteiger partial charge is 0.471 e. The van der Waals surface area contributed by atoms with E-state index < -0.39 is 29.7 Å². The standard InChI is InChI=1S/C16H12F4N4O3/c1-2-26-14(25)10-6-21-24(8-10)7-9-3-4-11(12(17)5-9)13-22-15(27-23-13)16(18,19)20/h3-6,8H,2,7H2,1H3. The molecule has 0 amide bonds. The lowest BCUT2D eigenvalue weighted by Crippen LogP contribution is -2.05. The predicted octanol–water partition coefficient (Wildman–Crippen LogP) is 3.32. The highest BCUT2D eigenvalue weighted by molar-refractivity contribution is 5.88. The monoisotopic (exact) mass is 384 g/mol. The number of nitrogens with zero attached hydrogens (tertiary/aromatic N) is 4. The van der Waals surface area contributed by atoms with E-state index >= 15 is 0 Å². The van der Waals surface area contributed by atoms with Gasteiger partial charge in [-0.2, -0.15) is 23.3 Å². The summed E-state index contributed by atoms with van der Waals surface area (Å²) in [5, 5.41) is 7.14. The van der Waals surface area contributed by atoms with Gasteiger partial charge >= 0.3 is 18.0 Å². The van der Waals surface area contributed by atoms with Gasteiger partial charge in [-0.1, -0.05) is 11.2 Å². The third-order valence-corrected chi connectivity index (χ3v) is 3.43. The summed E-state index contributed by atoms with van der Waals surface area (Å²) in [5.74, 6) is -3.40. The molecule has 3 aromatic rings. The number of aromatic nitrogens is 4. The number of halogens is 4. The molecule has 0 bridgehead atoms. The van der Waals surface area contributed by atoms with Gasteiger partial charge in [0, 0.05) is 6.20 Å². The molecule has 0 aliphatic carbocycles. The summed E-state index contributed by atoms with van der Waals surface area (Å²) in [6, 6.07) is 3.84. The summed E-state index contributed by atoms with van der Waals surface area (Å²) >= 11 is 0. The van der Waals surface area contributed by atoms with Crippen LogP contribution in [0.15, 0.2) is 35.1 Å². The molecule has 1 aromatic carbocycles. The number of hydrogen-bond donors (Lipinski definition) is 0. The minimum absolute atomic E-state index is 0.136. The van der Waals surface area contributed by atoms with Gasteiger partial charge in [-0.05, 0) is 24.6 Å². The van der Waals surface area contributed by atoms with Crippen LogP contribution in [0.2, 0.25) is 0 Å². The van der Waals surface area contributed by atoms with E-state index in [9.17, 15) is 22.4 Å². The Labute approximate surface area is 149 Å². The van der Waals surface area contributed by atoms with E-state index in [1.807, 2.05) is 0 Å². The molecular formula is C16H12F4N4O3. The summed E-state index contributed by atoms with van der Waals surface area (Å²) in [4.78, 5) is 14.8. The first kappa shape index (κ1) is 18.5. The lowest BCUT2D eigenvalue weighted by atomic mass is 10.1. The van der Waals surface area contributed by atoms with E-state index in [4.69, 9.17) is 4.74 Å². The Hall–Kier alpha value is -3.24. The Morgan fingerprint density at radius 1 is 1.33 bits per heavy atom. The Morgan fingerprint density at radius 3 is 2.74 bits per heavy atom. The molecule has 27 heavy (non-hydrogen) atoms. The van der Waals surface area contributed by atoms with Gasteiger partial charge in [0.25, 0.3) is 0 Å². The Morgan fingerprint density at radius 2 is 2.11 bits per heavy atom. The van der Waals surface area contributed by atoms with Crippen LogP contribution in [0.3, 0.4) is 0 Å². The molecule has 0 radical (unpaired) electrons. The van der Waals surface area contributed by atoms with Crippen LogP contribution in [-0.2, 0) is 17.5 Å². The number of alkyl halides is 3. The van der Waals surface area contributed by atoms with Gasteiger partial charge in [0.05, 0.1) is 30.5 Å². The smallest absolute Gasteiger partial charge is 0.462 e. The van der Waals surface area contributed by atoms with Crippen LogP contribution in [0, 0.1) is 5.82 Å². The highest BCUT2D eigenvalue weighted by atomic mass is 19.4. The number of rotatable bonds is 5. The number of carbonyl (C=O) groups is 1. The second-order valence-electron chi connectivity index (χ2n) is 5.38. The molecule has 0 spiro atoms. The van der Waals surface area contributed by atoms with Gasteiger partial charge in [-0.3, -0.25) is 4.68 Å². The number of benzene rings is 1. The molecule has 0 aliphatic heterocycles. The number of ether oxygens (including phenoxy) is 1. The zero-order valence-corrected chi connectivity index (χ0v) is 13.8. The second kappa shape index (κ2) is 7.17. The molecule has 0 aliphatic rings. The predicted molar refractivity (Wildman–Crippen MR) is 82.0 cm³/mol. The summed E-state index contributed by atoms with van der Waals surface area (Å²) in [6.45, 7) is 2.04. The van der Waals surface area contributed by atoms with Crippen LogP contribution in [-0.4, -0.2) is 32.5 Å². The van der Waals surface area contributed by atoms with Crippen LogP contribution >= 0.6 is 0 Å². The van der Waals surface area contributed by atoms with Crippen molar-refractivity contribution in [2.45, 2.75) is 19.6 Å². The van der Waals surface area contributed by atoms with E-state index in [1.54, 1.807) is 6.92 Å². The lowest BCUT2D eigenvalue weighted by molar-refractivity contribution is -0.159. The lowest BCUT2D eigenvalue weighted by Gasteiger charge is -2.04. The van der Waals surface area contributed by atoms with Crippen molar-refractivity contribution in [1.29, 1.82) is 0 Å². The van der Waals surface area contributed by atoms with Gasteiger partial charge in [0.1, 0.15) is 5.82 Å². The molecule has 0 N–H and O–H groups in total. The van der Waals surface area contributed by atoms with Crippen LogP contribution in [0.25, 0.3) is 11.4 Å². The van der Waals surface area contributed by atoms with Crippen molar-refractivity contribution in [3.05, 3.63) is 53.4 Å². The van der Waals surface area contributed by atoms with Crippen LogP contribution < -0.4 is 0 Å². The third kappa shape index (κ3) is 4.13. The topological polar surface area (TPSA) is 83.0 Å². The normalized spacial score (nSPS) is 11.6. The summed E-state index contributed by atoms with van der Waals surface area (Å²) < 4.78 is 62.1. The van der Waals surface area contributed by atoms with Crippen LogP contribution in [0.5, 0.6) is 0 Å². The maximum absolute atomic E-state index is 14.3. The third-order valence-electron chi connectivity index (χ3n) is 3.43. The SMILES string of the molecule is CCOC(=O)c1cnn(Cc2ccc(-c3noc(C(F)(F)F)n3)c(F)c2)c1. The zero-order chi connectivity index (χ0) is 19.6. The van der Waals surface area contributed by atoms with E-state index in [1.165, 1.54) is 29.2 Å². The van der Waals surface area contributed by atoms with Crippen molar-refractivity contribution in [3.63, 3.8) is 0 Å². The molecule has 7 nitrogen and oxygen atoms in total. The first-order valence-corrected chi connectivity index (χ1v) is 7.67. The number of carbonyl (C=O) groups excluding carboxylic acids is 1. The maximum atomic E-state index is 14.3. The van der Waals surface area contributed by atoms with Gasteiger partial charge in [0.2, 0.25) is 5.82 Å². The Kier molecular flexibility index (Phi) is 4.93. The molecule has 2 aromatic heterocycles. The highest BCUT2D eigenvalue weighted by Crippen LogP contribution is 2.30. The van der Waals surface area contributed by atoms with Crippen molar-refractivity contribution in [3.8, 4) is 11.4 Å². The zero-order valence-electron chi connectivity index (χ0n) is 13.8. The van der Waals surface area contributed by atoms with Gasteiger partial charge in [-0.25, -0.2) is 9.18 Å². The first-order valence-electron chi connectivity index (χ1n) is 7.67. The fourth-order valence-electron chi connectivity index (χ4n) is 2.24. The molecule has 0 fully saturated rings. The fraction of sp³-hybridized carbons (Fsp3) is 0.250. The molecule has 0 saturated heterocycles. The van der Waals surface area contributed by atoms with Crippen molar-refractivity contribution >= 4 is 5.97 Å². The molecule has 0 saturated carbocycles. The average Bonchev–Trinajstić information content (AvgIpc) is 3.24. The van der Waals surface area contributed by atoms with Gasteiger partial charge < -0.3 is 9.26 Å². The van der Waals surface area contributed by atoms with Crippen molar-refractivity contribution in [2.24, 2.45) is 0 Å². The van der Waals surface area contributed by atoms with Gasteiger partial charge in [0.15, 0.2) is 0 Å². The van der Waals surface area contributed by atoms with Crippen molar-refractivity contribution in [1.82, 2.24) is 19.9 Å². The Bertz CT molecular complexity index is 965. The Balaban J connectivity index is 1.77. The number of hydrogen-bond acceptors (Lipinski definition) is 6. The number of esters is 1. The molecule has 3 rings (SSSR count). The minimum Gasteiger partial charge on any atom is -0.462 e. The summed E-state index contributed by atoms with van der Waals surface area (Å²) in [6.07, 6.45) is -2.04. The van der Waals surface area contributed by atoms with E-state index in [0.29, 0.717) is 5.56 Å². The average molecular weight is 384 g/mol. The maximum Gasteiger partial charge on any atom is 0.471 e. The minimum atomic E-state index is -4.81. The molecular weight excluding hydrogens is 372 g/mol. The molecule has 11 heteroatoms. The molecule has 0 unspecified atom stereocenters. The van der Waals surface area contributed by atoms with E-state index in [2.05, 4.69) is 19.8 Å². The van der Waals surface area contributed by atoms with Gasteiger partial charge in [-0.15, -0.1) is 0 Å². The summed E-state index contributed by atoms with van der Waals surface area (Å²) in [5.41, 5.74) is 0.486. The highest BCUT2D eigenvalue weighted by Gasteiger charge is 2.38.